The standard InChI is InChI=1S/C6H4F2N2O2/c7-5(8)4-2-1-3-9-6(4)10(11)12/h1-3,5H. The van der Waals surface area contributed by atoms with E-state index in [2.05, 4.69) is 4.98 Å². The van der Waals surface area contributed by atoms with Crippen LogP contribution in [0.2, 0.25) is 0 Å². The van der Waals surface area contributed by atoms with Crippen LogP contribution < -0.4 is 0 Å². The SMILES string of the molecule is O=[N+]([O-])c1ncccc1C(F)F. The second-order valence-corrected chi connectivity index (χ2v) is 1.97. The molecule has 0 saturated carbocycles. The average molecular weight is 174 g/mol. The van der Waals surface area contributed by atoms with Crippen molar-refractivity contribution in [3.63, 3.8) is 0 Å². The molecule has 0 aliphatic rings. The van der Waals surface area contributed by atoms with Crippen LogP contribution in [-0.2, 0) is 0 Å². The molecule has 0 bridgehead atoms. The maximum Gasteiger partial charge on any atom is 0.372 e. The number of hydrogen-bond acceptors (Lipinski definition) is 3. The van der Waals surface area contributed by atoms with Crippen molar-refractivity contribution >= 4 is 5.82 Å². The first-order chi connectivity index (χ1) is 5.63. The molecule has 0 N–H and O–H groups in total. The van der Waals surface area contributed by atoms with Crippen molar-refractivity contribution in [2.45, 2.75) is 6.43 Å². The molecule has 0 saturated heterocycles. The largest absolute Gasteiger partial charge is 0.372 e. The van der Waals surface area contributed by atoms with E-state index in [9.17, 15) is 18.9 Å². The number of hydrogen-bond donors (Lipinski definition) is 0. The Balaban J connectivity index is 3.17. The van der Waals surface area contributed by atoms with Crippen LogP contribution in [-0.4, -0.2) is 9.91 Å². The maximum atomic E-state index is 12.0. The normalized spacial score (nSPS) is 10.2. The Morgan fingerprint density at radius 1 is 1.58 bits per heavy atom. The van der Waals surface area contributed by atoms with Crippen LogP contribution in [0.25, 0.3) is 0 Å². The third kappa shape index (κ3) is 1.52. The molecule has 0 spiro atoms. The van der Waals surface area contributed by atoms with Gasteiger partial charge in [0.1, 0.15) is 11.8 Å². The van der Waals surface area contributed by atoms with Gasteiger partial charge in [0.25, 0.3) is 6.43 Å². The second kappa shape index (κ2) is 3.21. The summed E-state index contributed by atoms with van der Waals surface area (Å²) >= 11 is 0. The number of aromatic nitrogens is 1. The Labute approximate surface area is 66.0 Å². The van der Waals surface area contributed by atoms with E-state index in [-0.39, 0.29) is 0 Å². The summed E-state index contributed by atoms with van der Waals surface area (Å²) in [5, 5.41) is 10.1. The summed E-state index contributed by atoms with van der Waals surface area (Å²) in [5.41, 5.74) is -0.650. The minimum atomic E-state index is -2.86. The molecule has 6 heteroatoms. The lowest BCUT2D eigenvalue weighted by molar-refractivity contribution is -0.391. The number of nitrogens with zero attached hydrogens (tertiary/aromatic N) is 2. The van der Waals surface area contributed by atoms with Crippen LogP contribution in [0.5, 0.6) is 0 Å². The maximum absolute atomic E-state index is 12.0. The predicted molar refractivity (Wildman–Crippen MR) is 35.8 cm³/mol. The third-order valence-corrected chi connectivity index (χ3v) is 1.22. The Bertz CT molecular complexity index is 303. The van der Waals surface area contributed by atoms with Crippen molar-refractivity contribution in [3.05, 3.63) is 34.0 Å². The lowest BCUT2D eigenvalue weighted by Crippen LogP contribution is -1.97. The van der Waals surface area contributed by atoms with Crippen LogP contribution >= 0.6 is 0 Å². The van der Waals surface area contributed by atoms with E-state index in [1.165, 1.54) is 6.07 Å². The van der Waals surface area contributed by atoms with Gasteiger partial charge in [0.2, 0.25) is 0 Å². The van der Waals surface area contributed by atoms with Crippen molar-refractivity contribution in [1.29, 1.82) is 0 Å². The summed E-state index contributed by atoms with van der Waals surface area (Å²) in [7, 11) is 0. The molecular weight excluding hydrogens is 170 g/mol. The molecular formula is C6H4F2N2O2. The minimum absolute atomic E-state index is 0.650. The van der Waals surface area contributed by atoms with Crippen molar-refractivity contribution in [2.24, 2.45) is 0 Å². The highest BCUT2D eigenvalue weighted by molar-refractivity contribution is 5.32. The van der Waals surface area contributed by atoms with E-state index in [1.807, 2.05) is 0 Å². The van der Waals surface area contributed by atoms with Crippen molar-refractivity contribution in [2.75, 3.05) is 0 Å². The zero-order valence-electron chi connectivity index (χ0n) is 5.78. The van der Waals surface area contributed by atoms with E-state index in [1.54, 1.807) is 0 Å². The van der Waals surface area contributed by atoms with Gasteiger partial charge in [-0.15, -0.1) is 0 Å². The summed E-state index contributed by atoms with van der Waals surface area (Å²) in [6.45, 7) is 0. The van der Waals surface area contributed by atoms with Crippen molar-refractivity contribution in [3.8, 4) is 0 Å². The highest BCUT2D eigenvalue weighted by atomic mass is 19.3. The summed E-state index contributed by atoms with van der Waals surface area (Å²) in [6, 6.07) is 2.21. The molecule has 0 atom stereocenters. The summed E-state index contributed by atoms with van der Waals surface area (Å²) < 4.78 is 24.1. The van der Waals surface area contributed by atoms with Gasteiger partial charge in [0.15, 0.2) is 0 Å². The highest BCUT2D eigenvalue weighted by Crippen LogP contribution is 2.25. The predicted octanol–water partition coefficient (Wildman–Crippen LogP) is 1.93. The van der Waals surface area contributed by atoms with Gasteiger partial charge in [-0.05, 0) is 22.0 Å². The molecule has 4 nitrogen and oxygen atoms in total. The molecule has 0 radical (unpaired) electrons. The van der Waals surface area contributed by atoms with Gasteiger partial charge >= 0.3 is 5.82 Å². The Morgan fingerprint density at radius 3 is 2.67 bits per heavy atom. The van der Waals surface area contributed by atoms with Gasteiger partial charge in [0, 0.05) is 0 Å². The summed E-state index contributed by atoms with van der Waals surface area (Å²) in [6.07, 6.45) is -1.76. The number of nitro groups is 1. The number of alkyl halides is 2. The van der Waals surface area contributed by atoms with Gasteiger partial charge in [-0.3, -0.25) is 0 Å². The van der Waals surface area contributed by atoms with Crippen molar-refractivity contribution < 1.29 is 13.7 Å². The number of pyridine rings is 1. The zero-order valence-corrected chi connectivity index (χ0v) is 5.78. The van der Waals surface area contributed by atoms with Gasteiger partial charge < -0.3 is 10.1 Å². The first-order valence-electron chi connectivity index (χ1n) is 3.00. The highest BCUT2D eigenvalue weighted by Gasteiger charge is 2.21. The number of rotatable bonds is 2. The fourth-order valence-corrected chi connectivity index (χ4v) is 0.732. The van der Waals surface area contributed by atoms with Crippen LogP contribution in [0.4, 0.5) is 14.6 Å². The smallest absolute Gasteiger partial charge is 0.358 e. The van der Waals surface area contributed by atoms with Crippen LogP contribution in [0.15, 0.2) is 18.3 Å². The minimum Gasteiger partial charge on any atom is -0.358 e. The molecule has 1 aromatic rings. The Hall–Kier alpha value is -1.59. The van der Waals surface area contributed by atoms with Gasteiger partial charge in [0.05, 0.1) is 0 Å². The molecule has 0 amide bonds. The lowest BCUT2D eigenvalue weighted by atomic mass is 10.3. The number of halogens is 2. The van der Waals surface area contributed by atoms with E-state index >= 15 is 0 Å². The molecule has 0 fully saturated rings. The molecule has 64 valence electrons. The summed E-state index contributed by atoms with van der Waals surface area (Å²) in [4.78, 5) is 12.4. The monoisotopic (exact) mass is 174 g/mol. The summed E-state index contributed by atoms with van der Waals surface area (Å²) in [5.74, 6) is -0.785. The topological polar surface area (TPSA) is 56.0 Å². The third-order valence-electron chi connectivity index (χ3n) is 1.22. The van der Waals surface area contributed by atoms with E-state index in [4.69, 9.17) is 0 Å². The van der Waals surface area contributed by atoms with Gasteiger partial charge in [-0.2, -0.15) is 0 Å². The second-order valence-electron chi connectivity index (χ2n) is 1.97. The van der Waals surface area contributed by atoms with E-state index < -0.39 is 22.7 Å². The molecule has 0 aliphatic heterocycles. The van der Waals surface area contributed by atoms with Crippen molar-refractivity contribution in [1.82, 2.24) is 4.98 Å². The van der Waals surface area contributed by atoms with Crippen LogP contribution in [0, 0.1) is 10.1 Å². The molecule has 1 rings (SSSR count). The Kier molecular flexibility index (Phi) is 2.27. The average Bonchev–Trinajstić information content (AvgIpc) is 2.04. The van der Waals surface area contributed by atoms with E-state index in [0.717, 1.165) is 12.3 Å². The fourth-order valence-electron chi connectivity index (χ4n) is 0.732. The quantitative estimate of drug-likeness (QED) is 0.508. The van der Waals surface area contributed by atoms with Crippen LogP contribution in [0.3, 0.4) is 0 Å². The van der Waals surface area contributed by atoms with Gasteiger partial charge in [-0.1, -0.05) is 0 Å². The fraction of sp³-hybridized carbons (Fsp3) is 0.167. The molecule has 0 aromatic carbocycles. The molecule has 1 aromatic heterocycles. The molecule has 12 heavy (non-hydrogen) atoms. The molecule has 1 heterocycles. The first-order valence-corrected chi connectivity index (χ1v) is 3.00. The first kappa shape index (κ1) is 8.51. The molecule has 0 aliphatic carbocycles. The lowest BCUT2D eigenvalue weighted by Gasteiger charge is -1.98. The van der Waals surface area contributed by atoms with Crippen LogP contribution in [0.1, 0.15) is 12.0 Å². The zero-order chi connectivity index (χ0) is 9.14. The molecule has 0 unspecified atom stereocenters. The van der Waals surface area contributed by atoms with E-state index in [0.29, 0.717) is 0 Å². The Morgan fingerprint density at radius 2 is 2.25 bits per heavy atom. The van der Waals surface area contributed by atoms with Gasteiger partial charge in [-0.25, -0.2) is 8.78 Å².